The van der Waals surface area contributed by atoms with Crippen molar-refractivity contribution < 1.29 is 19.2 Å². The van der Waals surface area contributed by atoms with E-state index in [9.17, 15) is 19.2 Å². The minimum atomic E-state index is -0.513. The van der Waals surface area contributed by atoms with Crippen molar-refractivity contribution in [2.75, 3.05) is 9.80 Å². The van der Waals surface area contributed by atoms with Crippen LogP contribution in [0, 0.1) is 13.8 Å². The molecule has 46 heavy (non-hydrogen) atoms. The number of aryl methyl sites for hydroxylation is 2. The highest BCUT2D eigenvalue weighted by atomic mass is 79.9. The lowest BCUT2D eigenvalue weighted by molar-refractivity contribution is 0.0873. The first-order valence-electron chi connectivity index (χ1n) is 14.2. The average Bonchev–Trinajstić information content (AvgIpc) is 3.68. The maximum absolute atomic E-state index is 14.6. The van der Waals surface area contributed by atoms with E-state index in [1.54, 1.807) is 36.4 Å². The molecule has 10 heteroatoms. The van der Waals surface area contributed by atoms with Gasteiger partial charge in [0.05, 0.1) is 30.1 Å². The highest BCUT2D eigenvalue weighted by molar-refractivity contribution is 9.11. The number of hydrogen-bond donors (Lipinski definition) is 0. The van der Waals surface area contributed by atoms with Crippen molar-refractivity contribution in [3.05, 3.63) is 126 Å². The Morgan fingerprint density at radius 3 is 1.17 bits per heavy atom. The molecule has 6 aromatic rings. The van der Waals surface area contributed by atoms with Crippen LogP contribution in [0.5, 0.6) is 0 Å². The highest BCUT2D eigenvalue weighted by Crippen LogP contribution is 2.49. The van der Waals surface area contributed by atoms with E-state index < -0.39 is 23.6 Å². The molecule has 224 valence electrons. The summed E-state index contributed by atoms with van der Waals surface area (Å²) >= 11 is 9.93. The van der Waals surface area contributed by atoms with Crippen LogP contribution in [0.4, 0.5) is 11.4 Å². The number of anilines is 2. The molecule has 4 heterocycles. The van der Waals surface area contributed by atoms with Crippen LogP contribution in [0.1, 0.15) is 52.6 Å². The monoisotopic (exact) mass is 766 g/mol. The predicted octanol–water partition coefficient (Wildman–Crippen LogP) is 10.0. The number of halogens is 2. The van der Waals surface area contributed by atoms with Crippen molar-refractivity contribution in [1.29, 1.82) is 0 Å². The molecule has 4 aromatic carbocycles. The van der Waals surface area contributed by atoms with Gasteiger partial charge in [-0.2, -0.15) is 0 Å². The van der Waals surface area contributed by atoms with E-state index in [1.165, 1.54) is 32.5 Å². The van der Waals surface area contributed by atoms with Gasteiger partial charge in [-0.3, -0.25) is 19.2 Å². The third-order valence-electron chi connectivity index (χ3n) is 8.37. The molecule has 0 spiro atoms. The Bertz CT molecular complexity index is 2170. The summed E-state index contributed by atoms with van der Waals surface area (Å²) in [4.78, 5) is 62.0. The van der Waals surface area contributed by atoms with Crippen molar-refractivity contribution >= 4 is 100 Å². The van der Waals surface area contributed by atoms with Crippen LogP contribution >= 0.6 is 54.5 Å². The first kappa shape index (κ1) is 29.2. The van der Waals surface area contributed by atoms with Crippen LogP contribution in [-0.2, 0) is 0 Å². The van der Waals surface area contributed by atoms with Crippen molar-refractivity contribution in [3.8, 4) is 20.9 Å². The Morgan fingerprint density at radius 1 is 0.478 bits per heavy atom. The predicted molar refractivity (Wildman–Crippen MR) is 191 cm³/mol. The van der Waals surface area contributed by atoms with Crippen LogP contribution in [0.3, 0.4) is 0 Å². The summed E-state index contributed by atoms with van der Waals surface area (Å²) in [5.74, 6) is -2.04. The maximum atomic E-state index is 14.6. The van der Waals surface area contributed by atoms with Crippen LogP contribution < -0.4 is 9.80 Å². The van der Waals surface area contributed by atoms with E-state index in [0.717, 1.165) is 28.5 Å². The first-order chi connectivity index (χ1) is 22.1. The van der Waals surface area contributed by atoms with Crippen molar-refractivity contribution in [2.45, 2.75) is 13.8 Å². The molecule has 6 nitrogen and oxygen atoms in total. The highest BCUT2D eigenvalue weighted by Gasteiger charge is 2.44. The molecule has 0 saturated carbocycles. The molecular weight excluding hydrogens is 748 g/mol. The van der Waals surface area contributed by atoms with E-state index in [1.807, 2.05) is 62.4 Å². The molecule has 0 radical (unpaired) electrons. The van der Waals surface area contributed by atoms with Crippen molar-refractivity contribution in [3.63, 3.8) is 0 Å². The maximum Gasteiger partial charge on any atom is 0.266 e. The van der Waals surface area contributed by atoms with E-state index in [0.29, 0.717) is 33.3 Å². The number of amides is 4. The van der Waals surface area contributed by atoms with Crippen LogP contribution in [0.2, 0.25) is 0 Å². The number of nitrogens with zero attached hydrogens (tertiary/aromatic N) is 2. The summed E-state index contributed by atoms with van der Waals surface area (Å²) in [5, 5.41) is 0.657. The second-order valence-electron chi connectivity index (χ2n) is 11.2. The van der Waals surface area contributed by atoms with Gasteiger partial charge in [0.15, 0.2) is 0 Å². The largest absolute Gasteiger partial charge is 0.268 e. The molecule has 2 aromatic heterocycles. The molecular formula is C36H20Br2N2O4S2. The van der Waals surface area contributed by atoms with Gasteiger partial charge in [0.2, 0.25) is 0 Å². The van der Waals surface area contributed by atoms with Gasteiger partial charge in [0.25, 0.3) is 23.6 Å². The van der Waals surface area contributed by atoms with Crippen molar-refractivity contribution in [1.82, 2.24) is 0 Å². The zero-order valence-corrected chi connectivity index (χ0v) is 29.0. The minimum absolute atomic E-state index is 0.261. The van der Waals surface area contributed by atoms with E-state index >= 15 is 0 Å². The Hall–Kier alpha value is -4.22. The molecule has 0 unspecified atom stereocenters. The van der Waals surface area contributed by atoms with Crippen LogP contribution in [0.25, 0.3) is 31.7 Å². The third-order valence-corrected chi connectivity index (χ3v) is 11.7. The number of rotatable bonds is 4. The quantitative estimate of drug-likeness (QED) is 0.168. The standard InChI is InChI=1S/C36H20Br2N2O4S2/c1-17-3-7-19(8-4-17)39-33(41)23-15-22(26-12-14-28(38)46-26)32-30-24(34(42)40(36(32)44)20-9-5-18(2)6-10-20)16-21(25-11-13-27(37)45-25)31(29(23)30)35(39)43/h3-16H,1-2H3. The first-order valence-corrected chi connectivity index (χ1v) is 17.4. The minimum Gasteiger partial charge on any atom is -0.268 e. The summed E-state index contributed by atoms with van der Waals surface area (Å²) in [6.45, 7) is 3.88. The zero-order chi connectivity index (χ0) is 32.0. The lowest BCUT2D eigenvalue weighted by Gasteiger charge is -2.34. The second-order valence-corrected chi connectivity index (χ2v) is 16.1. The van der Waals surface area contributed by atoms with Crippen molar-refractivity contribution in [2.24, 2.45) is 0 Å². The van der Waals surface area contributed by atoms with E-state index in [2.05, 4.69) is 31.9 Å². The molecule has 2 aliphatic heterocycles. The van der Waals surface area contributed by atoms with Gasteiger partial charge < -0.3 is 0 Å². The molecule has 8 rings (SSSR count). The fourth-order valence-corrected chi connectivity index (χ4v) is 9.05. The second kappa shape index (κ2) is 10.7. The lowest BCUT2D eigenvalue weighted by atomic mass is 9.80. The SMILES string of the molecule is Cc1ccc(N2C(=O)c3cc(-c4ccc(Br)s4)c4c5c(cc(-c6ccc(Br)s6)c(c35)C2=O)C(=O)N(c2ccc(C)cc2)C4=O)cc1. The Kier molecular flexibility index (Phi) is 6.77. The summed E-state index contributed by atoms with van der Waals surface area (Å²) in [5.41, 5.74) is 5.01. The van der Waals surface area contributed by atoms with Gasteiger partial charge in [-0.15, -0.1) is 22.7 Å². The number of imide groups is 2. The molecule has 0 fully saturated rings. The summed E-state index contributed by atoms with van der Waals surface area (Å²) in [6.07, 6.45) is 0. The number of thiophene rings is 2. The number of hydrogen-bond acceptors (Lipinski definition) is 6. The van der Waals surface area contributed by atoms with E-state index in [-0.39, 0.29) is 22.3 Å². The number of benzene rings is 4. The average molecular weight is 769 g/mol. The Morgan fingerprint density at radius 2 is 0.848 bits per heavy atom. The van der Waals surface area contributed by atoms with Gasteiger partial charge in [0, 0.05) is 42.8 Å². The number of carbonyl (C=O) groups excluding carboxylic acids is 4. The smallest absolute Gasteiger partial charge is 0.266 e. The molecule has 0 saturated heterocycles. The summed E-state index contributed by atoms with van der Waals surface area (Å²) < 4.78 is 1.70. The van der Waals surface area contributed by atoms with Crippen LogP contribution in [0.15, 0.2) is 92.5 Å². The zero-order valence-electron chi connectivity index (χ0n) is 24.2. The van der Waals surface area contributed by atoms with E-state index in [4.69, 9.17) is 0 Å². The van der Waals surface area contributed by atoms with Gasteiger partial charge in [0.1, 0.15) is 0 Å². The fraction of sp³-hybridized carbons (Fsp3) is 0.0556. The molecule has 0 aliphatic carbocycles. The molecule has 0 atom stereocenters. The molecule has 0 bridgehead atoms. The summed E-state index contributed by atoms with van der Waals surface area (Å²) in [7, 11) is 0. The van der Waals surface area contributed by atoms with Gasteiger partial charge >= 0.3 is 0 Å². The molecule has 4 amide bonds. The number of carbonyl (C=O) groups is 4. The molecule has 2 aliphatic rings. The topological polar surface area (TPSA) is 74.8 Å². The van der Waals surface area contributed by atoms with Crippen LogP contribution in [-0.4, -0.2) is 23.6 Å². The normalized spacial score (nSPS) is 14.2. The Labute approximate surface area is 288 Å². The Balaban J connectivity index is 1.51. The van der Waals surface area contributed by atoms with Gasteiger partial charge in [-0.25, -0.2) is 9.80 Å². The summed E-state index contributed by atoms with van der Waals surface area (Å²) in [6, 6.07) is 25.4. The lowest BCUT2D eigenvalue weighted by Crippen LogP contribution is -2.44. The molecule has 0 N–H and O–H groups in total. The third kappa shape index (κ3) is 4.31. The van der Waals surface area contributed by atoms with Gasteiger partial charge in [-0.1, -0.05) is 35.4 Å². The fourth-order valence-electron chi connectivity index (χ4n) is 6.23. The van der Waals surface area contributed by atoms with Gasteiger partial charge in [-0.05, 0) is 106 Å².